The second-order valence-corrected chi connectivity index (χ2v) is 4.51. The van der Waals surface area contributed by atoms with E-state index >= 15 is 0 Å². The largest absolute Gasteiger partial charge is 1.00 e. The van der Waals surface area contributed by atoms with Crippen LogP contribution in [-0.4, -0.2) is 18.0 Å². The maximum absolute atomic E-state index is 10.6. The minimum Gasteiger partial charge on any atom is -1.00 e. The van der Waals surface area contributed by atoms with E-state index in [1.807, 2.05) is 12.1 Å². The Kier molecular flexibility index (Phi) is 7.01. The van der Waals surface area contributed by atoms with E-state index in [0.717, 1.165) is 5.76 Å². The number of anilines is 1. The van der Waals surface area contributed by atoms with Gasteiger partial charge in [-0.15, -0.1) is 0 Å². The molecule has 0 atom stereocenters. The van der Waals surface area contributed by atoms with Crippen molar-refractivity contribution in [3.63, 3.8) is 0 Å². The molecule has 114 valence electrons. The van der Waals surface area contributed by atoms with Crippen molar-refractivity contribution < 1.29 is 21.7 Å². The third-order valence-electron chi connectivity index (χ3n) is 2.66. The van der Waals surface area contributed by atoms with Crippen LogP contribution < -0.4 is 23.0 Å². The van der Waals surface area contributed by atoms with Crippen LogP contribution in [0.15, 0.2) is 41.0 Å². The molecule has 0 aliphatic heterocycles. The Bertz CT molecular complexity index is 576. The third kappa shape index (κ3) is 5.26. The normalized spacial score (nSPS) is 9.95. The predicted octanol–water partition coefficient (Wildman–Crippen LogP) is 0.0469. The zero-order valence-corrected chi connectivity index (χ0v) is 12.5. The zero-order valence-electron chi connectivity index (χ0n) is 11.0. The molecule has 2 N–H and O–H groups in total. The first-order chi connectivity index (χ1) is 9.66. The van der Waals surface area contributed by atoms with Gasteiger partial charge in [-0.2, -0.15) is 0 Å². The molecule has 6 nitrogen and oxygen atoms in total. The topological polar surface area (TPSA) is 80.3 Å². The first-order valence-electron chi connectivity index (χ1n) is 6.08. The number of benzene rings is 1. The molecule has 0 amide bonds. The molecule has 1 heterocycles. The van der Waals surface area contributed by atoms with Crippen molar-refractivity contribution in [2.75, 3.05) is 18.4 Å². The van der Waals surface area contributed by atoms with Crippen molar-refractivity contribution in [1.29, 1.82) is 0 Å². The number of nitrogens with zero attached hydrogens (tertiary/aromatic N) is 1. The molecular weight excluding hydrogens is 317 g/mol. The Labute approximate surface area is 133 Å². The van der Waals surface area contributed by atoms with Gasteiger partial charge < -0.3 is 27.5 Å². The molecule has 2 rings (SSSR count). The summed E-state index contributed by atoms with van der Waals surface area (Å²) in [6.45, 7) is 2.02. The molecule has 0 saturated heterocycles. The summed E-state index contributed by atoms with van der Waals surface area (Å²) in [5.74, 6) is 0.873. The maximum Gasteiger partial charge on any atom is 0.271 e. The fraction of sp³-hybridized carbons (Fsp3) is 0.231. The van der Waals surface area contributed by atoms with Gasteiger partial charge in [0.15, 0.2) is 0 Å². The summed E-state index contributed by atoms with van der Waals surface area (Å²) < 4.78 is 5.19. The van der Waals surface area contributed by atoms with Crippen molar-refractivity contribution in [1.82, 2.24) is 5.32 Å². The Morgan fingerprint density at radius 1 is 1.29 bits per heavy atom. The predicted molar refractivity (Wildman–Crippen MR) is 77.0 cm³/mol. The van der Waals surface area contributed by atoms with E-state index < -0.39 is 4.92 Å². The van der Waals surface area contributed by atoms with Crippen molar-refractivity contribution in [3.05, 3.63) is 57.5 Å². The molecule has 0 saturated carbocycles. The van der Waals surface area contributed by atoms with Crippen LogP contribution in [0.2, 0.25) is 5.02 Å². The molecule has 21 heavy (non-hydrogen) atoms. The molecule has 0 fully saturated rings. The monoisotopic (exact) mass is 330 g/mol. The summed E-state index contributed by atoms with van der Waals surface area (Å²) in [7, 11) is 0. The average Bonchev–Trinajstić information content (AvgIpc) is 2.93. The summed E-state index contributed by atoms with van der Waals surface area (Å²) >= 11 is 5.97. The van der Waals surface area contributed by atoms with Crippen LogP contribution in [0.4, 0.5) is 11.4 Å². The smallest absolute Gasteiger partial charge is 0.271 e. The van der Waals surface area contributed by atoms with Crippen LogP contribution in [0.3, 0.4) is 0 Å². The van der Waals surface area contributed by atoms with Crippen molar-refractivity contribution >= 4 is 23.0 Å². The van der Waals surface area contributed by atoms with Crippen LogP contribution in [-0.2, 0) is 6.54 Å². The van der Waals surface area contributed by atoms with Gasteiger partial charge in [-0.1, -0.05) is 11.6 Å². The number of hydrogen-bond acceptors (Lipinski definition) is 5. The van der Waals surface area contributed by atoms with Crippen LogP contribution in [0.25, 0.3) is 0 Å². The minimum atomic E-state index is -0.472. The minimum absolute atomic E-state index is 0. The molecule has 0 spiro atoms. The zero-order chi connectivity index (χ0) is 14.4. The third-order valence-corrected chi connectivity index (χ3v) is 2.97. The Morgan fingerprint density at radius 3 is 2.71 bits per heavy atom. The van der Waals surface area contributed by atoms with Crippen LogP contribution >= 0.6 is 11.6 Å². The van der Waals surface area contributed by atoms with Gasteiger partial charge >= 0.3 is 0 Å². The van der Waals surface area contributed by atoms with Gasteiger partial charge in [0.25, 0.3) is 5.69 Å². The molecule has 0 bridgehead atoms. The summed E-state index contributed by atoms with van der Waals surface area (Å²) in [6, 6.07) is 8.09. The van der Waals surface area contributed by atoms with Gasteiger partial charge in [0.1, 0.15) is 5.76 Å². The lowest BCUT2D eigenvalue weighted by Crippen LogP contribution is -3.00. The number of nitrogens with one attached hydrogen (secondary N) is 2. The first kappa shape index (κ1) is 17.3. The van der Waals surface area contributed by atoms with Gasteiger partial charge in [0.2, 0.25) is 0 Å². The molecule has 2 aromatic rings. The van der Waals surface area contributed by atoms with Crippen molar-refractivity contribution in [3.8, 4) is 0 Å². The summed E-state index contributed by atoms with van der Waals surface area (Å²) in [5.41, 5.74) is 0.661. The Hall–Kier alpha value is -1.76. The van der Waals surface area contributed by atoms with E-state index in [9.17, 15) is 10.1 Å². The summed E-state index contributed by atoms with van der Waals surface area (Å²) in [4.78, 5) is 10.1. The summed E-state index contributed by atoms with van der Waals surface area (Å²) in [6.07, 6.45) is 1.63. The van der Waals surface area contributed by atoms with Crippen LogP contribution in [0, 0.1) is 10.1 Å². The molecule has 1 aromatic heterocycles. The van der Waals surface area contributed by atoms with Gasteiger partial charge in [0, 0.05) is 25.2 Å². The van der Waals surface area contributed by atoms with E-state index in [1.54, 1.807) is 12.3 Å². The van der Waals surface area contributed by atoms with E-state index in [1.165, 1.54) is 12.1 Å². The summed E-state index contributed by atoms with van der Waals surface area (Å²) in [5, 5.41) is 17.2. The number of non-ortho nitro benzene ring substituents is 1. The van der Waals surface area contributed by atoms with Gasteiger partial charge in [-0.05, 0) is 18.2 Å². The highest BCUT2D eigenvalue weighted by Crippen LogP contribution is 2.26. The molecule has 0 unspecified atom stereocenters. The Morgan fingerprint density at radius 2 is 2.10 bits per heavy atom. The number of furan rings is 1. The van der Waals surface area contributed by atoms with Crippen molar-refractivity contribution in [2.45, 2.75) is 6.54 Å². The lowest BCUT2D eigenvalue weighted by molar-refractivity contribution is -0.384. The van der Waals surface area contributed by atoms with Crippen LogP contribution in [0.1, 0.15) is 5.76 Å². The number of nitro groups is 1. The highest BCUT2D eigenvalue weighted by molar-refractivity contribution is 6.33. The molecule has 8 heteroatoms. The molecule has 0 radical (unpaired) electrons. The van der Waals surface area contributed by atoms with Gasteiger partial charge in [-0.25, -0.2) is 0 Å². The fourth-order valence-corrected chi connectivity index (χ4v) is 1.91. The first-order valence-corrected chi connectivity index (χ1v) is 6.45. The number of rotatable bonds is 7. The second kappa shape index (κ2) is 8.51. The molecule has 1 aromatic carbocycles. The lowest BCUT2D eigenvalue weighted by atomic mass is 10.3. The number of hydrogen-bond donors (Lipinski definition) is 2. The van der Waals surface area contributed by atoms with Gasteiger partial charge in [-0.3, -0.25) is 10.1 Å². The second-order valence-electron chi connectivity index (χ2n) is 4.10. The van der Waals surface area contributed by atoms with Gasteiger partial charge in [0.05, 0.1) is 28.4 Å². The molecule has 0 aliphatic rings. The average molecular weight is 331 g/mol. The standard InChI is InChI=1S/C13H14ClN3O3.ClH/c14-12-8-10(17(18)19)3-4-13(12)16-6-5-15-9-11-2-1-7-20-11;/h1-4,7-8,15-16H,5-6,9H2;1H/p-1. The SMILES string of the molecule is O=[N+]([O-])c1ccc(NCCNCc2ccco2)c(Cl)c1.[Cl-]. The quantitative estimate of drug-likeness (QED) is 0.426. The fourth-order valence-electron chi connectivity index (χ4n) is 1.67. The van der Waals surface area contributed by atoms with Crippen molar-refractivity contribution in [2.24, 2.45) is 0 Å². The molecule has 0 aliphatic carbocycles. The lowest BCUT2D eigenvalue weighted by Gasteiger charge is -2.08. The van der Waals surface area contributed by atoms with Crippen LogP contribution in [0.5, 0.6) is 0 Å². The van der Waals surface area contributed by atoms with E-state index in [4.69, 9.17) is 16.0 Å². The Balaban J connectivity index is 0.00000220. The number of halogens is 2. The number of nitro benzene ring substituents is 1. The van der Waals surface area contributed by atoms with E-state index in [-0.39, 0.29) is 18.1 Å². The molecular formula is C13H14Cl2N3O3-. The highest BCUT2D eigenvalue weighted by Gasteiger charge is 2.08. The maximum atomic E-state index is 10.6. The van der Waals surface area contributed by atoms with E-state index in [2.05, 4.69) is 10.6 Å². The highest BCUT2D eigenvalue weighted by atomic mass is 35.5. The van der Waals surface area contributed by atoms with E-state index in [0.29, 0.717) is 30.3 Å².